The van der Waals surface area contributed by atoms with Crippen LogP contribution in [0.15, 0.2) is 34.4 Å². The highest BCUT2D eigenvalue weighted by Crippen LogP contribution is 2.23. The SMILES string of the molecule is CC.CCCc1ccccc1N=CC(C)N/N=C(\C)OCc1c(F)c(F)c(F)c(F)c1F. The maximum atomic E-state index is 13.6. The van der Waals surface area contributed by atoms with E-state index in [2.05, 4.69) is 22.4 Å². The Morgan fingerprint density at radius 2 is 1.56 bits per heavy atom. The van der Waals surface area contributed by atoms with Gasteiger partial charge in [-0.2, -0.15) is 0 Å². The highest BCUT2D eigenvalue weighted by atomic mass is 19.2. The standard InChI is InChI=1S/C21H22F5N3O.C2H6/c1-4-7-14-8-5-6-9-16(14)27-10-12(2)28-29-13(3)30-11-15-17(22)19(24)21(26)20(25)18(15)23;1-2/h5-6,8-10,12,28H,4,7,11H2,1-3H3;1-2H3/b27-10?,29-13+;. The molecule has 32 heavy (non-hydrogen) atoms. The second-order valence-corrected chi connectivity index (χ2v) is 6.54. The highest BCUT2D eigenvalue weighted by molar-refractivity contribution is 5.74. The van der Waals surface area contributed by atoms with Gasteiger partial charge >= 0.3 is 0 Å². The van der Waals surface area contributed by atoms with Crippen molar-refractivity contribution in [2.45, 2.75) is 60.1 Å². The molecule has 0 saturated carbocycles. The summed E-state index contributed by atoms with van der Waals surface area (Å²) in [6.45, 7) is 8.36. The highest BCUT2D eigenvalue weighted by Gasteiger charge is 2.25. The number of benzene rings is 2. The Morgan fingerprint density at radius 1 is 1.00 bits per heavy atom. The Balaban J connectivity index is 0.00000249. The first-order valence-corrected chi connectivity index (χ1v) is 10.3. The van der Waals surface area contributed by atoms with Gasteiger partial charge in [0.15, 0.2) is 23.3 Å². The third kappa shape index (κ3) is 7.32. The molecule has 4 nitrogen and oxygen atoms in total. The van der Waals surface area contributed by atoms with Crippen LogP contribution in [-0.2, 0) is 17.8 Å². The molecule has 2 aromatic carbocycles. The quantitative estimate of drug-likeness (QED) is 0.121. The van der Waals surface area contributed by atoms with Crippen LogP contribution in [0.5, 0.6) is 0 Å². The first kappa shape index (κ1) is 27.1. The molecule has 0 aromatic heterocycles. The summed E-state index contributed by atoms with van der Waals surface area (Å²) in [5.74, 6) is -10.2. The number of halogens is 5. The molecule has 9 heteroatoms. The van der Waals surface area contributed by atoms with Crippen LogP contribution in [-0.4, -0.2) is 18.2 Å². The van der Waals surface area contributed by atoms with Crippen LogP contribution in [0, 0.1) is 29.1 Å². The van der Waals surface area contributed by atoms with Gasteiger partial charge in [0, 0.05) is 13.1 Å². The molecule has 0 heterocycles. The van der Waals surface area contributed by atoms with Gasteiger partial charge in [-0.25, -0.2) is 22.0 Å². The summed E-state index contributed by atoms with van der Waals surface area (Å²) in [5, 5.41) is 3.88. The summed E-state index contributed by atoms with van der Waals surface area (Å²) in [4.78, 5) is 4.43. The number of hydrogen-bond donors (Lipinski definition) is 1. The molecule has 0 saturated heterocycles. The second kappa shape index (κ2) is 13.4. The molecule has 0 amide bonds. The lowest BCUT2D eigenvalue weighted by molar-refractivity contribution is 0.263. The van der Waals surface area contributed by atoms with Crippen molar-refractivity contribution in [2.75, 3.05) is 0 Å². The first-order chi connectivity index (χ1) is 15.3. The van der Waals surface area contributed by atoms with Gasteiger partial charge in [0.05, 0.1) is 17.3 Å². The van der Waals surface area contributed by atoms with Gasteiger partial charge in [-0.15, -0.1) is 5.10 Å². The number of aryl methyl sites for hydroxylation is 1. The van der Waals surface area contributed by atoms with E-state index < -0.39 is 41.3 Å². The second-order valence-electron chi connectivity index (χ2n) is 6.54. The van der Waals surface area contributed by atoms with E-state index in [-0.39, 0.29) is 11.9 Å². The molecular formula is C23H28F5N3O. The zero-order valence-corrected chi connectivity index (χ0v) is 18.8. The van der Waals surface area contributed by atoms with Gasteiger partial charge in [-0.1, -0.05) is 45.4 Å². The molecule has 0 aliphatic heterocycles. The maximum Gasteiger partial charge on any atom is 0.202 e. The number of rotatable bonds is 8. The van der Waals surface area contributed by atoms with E-state index in [1.807, 2.05) is 38.1 Å². The van der Waals surface area contributed by atoms with Crippen molar-refractivity contribution in [1.29, 1.82) is 0 Å². The number of aliphatic imine (C=N–C) groups is 1. The zero-order chi connectivity index (χ0) is 24.3. The van der Waals surface area contributed by atoms with E-state index in [9.17, 15) is 22.0 Å². The third-order valence-corrected chi connectivity index (χ3v) is 4.10. The fourth-order valence-electron chi connectivity index (χ4n) is 2.52. The molecule has 2 aromatic rings. The van der Waals surface area contributed by atoms with E-state index in [0.717, 1.165) is 24.1 Å². The molecule has 1 N–H and O–H groups in total. The number of nitrogens with one attached hydrogen (secondary N) is 1. The van der Waals surface area contributed by atoms with Crippen LogP contribution in [0.2, 0.25) is 0 Å². The average Bonchev–Trinajstić information content (AvgIpc) is 2.81. The summed E-state index contributed by atoms with van der Waals surface area (Å²) >= 11 is 0. The van der Waals surface area contributed by atoms with Crippen molar-refractivity contribution in [2.24, 2.45) is 10.1 Å². The normalized spacial score (nSPS) is 12.4. The van der Waals surface area contributed by atoms with Crippen LogP contribution in [0.1, 0.15) is 52.2 Å². The number of nitrogens with zero attached hydrogens (tertiary/aromatic N) is 2. The topological polar surface area (TPSA) is 46.0 Å². The number of hydrazone groups is 1. The van der Waals surface area contributed by atoms with Crippen molar-refractivity contribution in [3.05, 3.63) is 64.5 Å². The van der Waals surface area contributed by atoms with Crippen molar-refractivity contribution in [3.8, 4) is 0 Å². The molecule has 176 valence electrons. The van der Waals surface area contributed by atoms with Crippen LogP contribution < -0.4 is 5.43 Å². The fourth-order valence-corrected chi connectivity index (χ4v) is 2.52. The molecule has 2 rings (SSSR count). The summed E-state index contributed by atoms with van der Waals surface area (Å²) in [5.41, 5.74) is 3.62. The summed E-state index contributed by atoms with van der Waals surface area (Å²) < 4.78 is 71.8. The largest absolute Gasteiger partial charge is 0.475 e. The summed E-state index contributed by atoms with van der Waals surface area (Å²) in [7, 11) is 0. The summed E-state index contributed by atoms with van der Waals surface area (Å²) in [6, 6.07) is 7.42. The minimum atomic E-state index is -2.21. The van der Waals surface area contributed by atoms with Gasteiger partial charge in [0.2, 0.25) is 11.7 Å². The molecule has 1 unspecified atom stereocenters. The van der Waals surface area contributed by atoms with Gasteiger partial charge < -0.3 is 4.74 Å². The van der Waals surface area contributed by atoms with Crippen molar-refractivity contribution in [3.63, 3.8) is 0 Å². The number of para-hydroxylation sites is 1. The Morgan fingerprint density at radius 3 is 2.16 bits per heavy atom. The Hall–Kier alpha value is -2.97. The average molecular weight is 457 g/mol. The third-order valence-electron chi connectivity index (χ3n) is 4.10. The molecule has 0 spiro atoms. The first-order valence-electron chi connectivity index (χ1n) is 10.3. The lowest BCUT2D eigenvalue weighted by Gasteiger charge is -2.11. The van der Waals surface area contributed by atoms with E-state index in [4.69, 9.17) is 4.74 Å². The molecule has 0 aliphatic carbocycles. The van der Waals surface area contributed by atoms with Gasteiger partial charge in [-0.05, 0) is 25.0 Å². The smallest absolute Gasteiger partial charge is 0.202 e. The van der Waals surface area contributed by atoms with Gasteiger partial charge in [0.25, 0.3) is 0 Å². The Labute approximate surface area is 185 Å². The van der Waals surface area contributed by atoms with E-state index in [0.29, 0.717) is 0 Å². The predicted molar refractivity (Wildman–Crippen MR) is 117 cm³/mol. The lowest BCUT2D eigenvalue weighted by atomic mass is 10.1. The fraction of sp³-hybridized carbons (Fsp3) is 0.391. The molecular weight excluding hydrogens is 429 g/mol. The number of hydrogen-bond acceptors (Lipinski definition) is 4. The molecule has 0 radical (unpaired) electrons. The van der Waals surface area contributed by atoms with Crippen molar-refractivity contribution >= 4 is 17.8 Å². The summed E-state index contributed by atoms with van der Waals surface area (Å²) in [6.07, 6.45) is 3.53. The maximum absolute atomic E-state index is 13.6. The van der Waals surface area contributed by atoms with E-state index in [1.54, 1.807) is 13.1 Å². The molecule has 0 aliphatic rings. The Kier molecular flexibility index (Phi) is 11.4. The lowest BCUT2D eigenvalue weighted by Crippen LogP contribution is -2.23. The van der Waals surface area contributed by atoms with Gasteiger partial charge in [0.1, 0.15) is 6.61 Å². The molecule has 1 atom stereocenters. The number of ether oxygens (including phenoxy) is 1. The predicted octanol–water partition coefficient (Wildman–Crippen LogP) is 6.59. The molecule has 0 fully saturated rings. The van der Waals surface area contributed by atoms with Crippen molar-refractivity contribution < 1.29 is 26.7 Å². The minimum Gasteiger partial charge on any atom is -0.475 e. The van der Waals surface area contributed by atoms with Crippen LogP contribution in [0.4, 0.5) is 27.6 Å². The minimum absolute atomic E-state index is 0.0504. The van der Waals surface area contributed by atoms with Crippen molar-refractivity contribution in [1.82, 2.24) is 5.43 Å². The Bertz CT molecular complexity index is 918. The van der Waals surface area contributed by atoms with Crippen LogP contribution >= 0.6 is 0 Å². The monoisotopic (exact) mass is 457 g/mol. The van der Waals surface area contributed by atoms with Crippen LogP contribution in [0.3, 0.4) is 0 Å². The van der Waals surface area contributed by atoms with E-state index in [1.165, 1.54) is 6.92 Å². The molecule has 0 bridgehead atoms. The van der Waals surface area contributed by atoms with Crippen LogP contribution in [0.25, 0.3) is 0 Å². The van der Waals surface area contributed by atoms with Gasteiger partial charge in [-0.3, -0.25) is 10.4 Å². The van der Waals surface area contributed by atoms with E-state index >= 15 is 0 Å². The zero-order valence-electron chi connectivity index (χ0n) is 18.8.